The summed E-state index contributed by atoms with van der Waals surface area (Å²) >= 11 is 0. The third-order valence-electron chi connectivity index (χ3n) is 3.23. The second-order valence-corrected chi connectivity index (χ2v) is 5.17. The molecule has 1 aliphatic carbocycles. The van der Waals surface area contributed by atoms with Crippen molar-refractivity contribution in [2.24, 2.45) is 5.92 Å². The number of hydrogen-bond acceptors (Lipinski definition) is 3. The third kappa shape index (κ3) is 5.20. The largest absolute Gasteiger partial charge is 0.462 e. The van der Waals surface area contributed by atoms with Gasteiger partial charge in [0.25, 0.3) is 0 Å². The average Bonchev–Trinajstić information content (AvgIpc) is 2.25. The summed E-state index contributed by atoms with van der Waals surface area (Å²) in [7, 11) is 3.38. The molecule has 1 saturated carbocycles. The molecule has 0 spiro atoms. The van der Waals surface area contributed by atoms with Gasteiger partial charge < -0.3 is 9.64 Å². The molecule has 4 nitrogen and oxygen atoms in total. The summed E-state index contributed by atoms with van der Waals surface area (Å²) in [6.07, 6.45) is 4.81. The summed E-state index contributed by atoms with van der Waals surface area (Å²) in [5, 5.41) is 0. The fraction of sp³-hybridized carbons (Fsp3) is 0.846. The quantitative estimate of drug-likeness (QED) is 0.707. The Morgan fingerprint density at radius 1 is 1.24 bits per heavy atom. The SMILES string of the molecule is CC1CCCC(OC(=O)CCC(=O)N(C)C)C1. The molecule has 0 bridgehead atoms. The van der Waals surface area contributed by atoms with Gasteiger partial charge in [-0.15, -0.1) is 0 Å². The van der Waals surface area contributed by atoms with Crippen LogP contribution in [0.1, 0.15) is 45.4 Å². The molecule has 0 aromatic carbocycles. The lowest BCUT2D eigenvalue weighted by Crippen LogP contribution is -2.26. The Hall–Kier alpha value is -1.06. The highest BCUT2D eigenvalue weighted by molar-refractivity contribution is 5.81. The number of amides is 1. The zero-order chi connectivity index (χ0) is 12.8. The van der Waals surface area contributed by atoms with Gasteiger partial charge in [-0.1, -0.05) is 13.3 Å². The smallest absolute Gasteiger partial charge is 0.306 e. The number of carbonyl (C=O) groups excluding carboxylic acids is 2. The van der Waals surface area contributed by atoms with Gasteiger partial charge in [0.15, 0.2) is 0 Å². The average molecular weight is 241 g/mol. The Morgan fingerprint density at radius 3 is 2.53 bits per heavy atom. The number of rotatable bonds is 4. The van der Waals surface area contributed by atoms with Crippen molar-refractivity contribution in [2.75, 3.05) is 14.1 Å². The van der Waals surface area contributed by atoms with Crippen LogP contribution < -0.4 is 0 Å². The van der Waals surface area contributed by atoms with Crippen LogP contribution in [-0.4, -0.2) is 37.0 Å². The molecule has 1 aliphatic rings. The van der Waals surface area contributed by atoms with Crippen molar-refractivity contribution in [2.45, 2.75) is 51.6 Å². The Labute approximate surface area is 103 Å². The van der Waals surface area contributed by atoms with Gasteiger partial charge in [-0.3, -0.25) is 9.59 Å². The van der Waals surface area contributed by atoms with Crippen LogP contribution in [0.2, 0.25) is 0 Å². The molecular weight excluding hydrogens is 218 g/mol. The molecule has 1 fully saturated rings. The van der Waals surface area contributed by atoms with Crippen LogP contribution in [0, 0.1) is 5.92 Å². The van der Waals surface area contributed by atoms with Gasteiger partial charge in [0.1, 0.15) is 6.10 Å². The predicted octanol–water partition coefficient (Wildman–Crippen LogP) is 1.98. The standard InChI is InChI=1S/C13H23NO3/c1-10-5-4-6-11(9-10)17-13(16)8-7-12(15)14(2)3/h10-11H,4-9H2,1-3H3. The summed E-state index contributed by atoms with van der Waals surface area (Å²) in [5.41, 5.74) is 0. The molecule has 0 aliphatic heterocycles. The van der Waals surface area contributed by atoms with Gasteiger partial charge >= 0.3 is 5.97 Å². The Morgan fingerprint density at radius 2 is 1.94 bits per heavy atom. The van der Waals surface area contributed by atoms with Crippen LogP contribution in [0.5, 0.6) is 0 Å². The summed E-state index contributed by atoms with van der Waals surface area (Å²) in [6.45, 7) is 2.19. The van der Waals surface area contributed by atoms with Gasteiger partial charge in [0.2, 0.25) is 5.91 Å². The van der Waals surface area contributed by atoms with Gasteiger partial charge in [-0.25, -0.2) is 0 Å². The van der Waals surface area contributed by atoms with Crippen molar-refractivity contribution < 1.29 is 14.3 Å². The lowest BCUT2D eigenvalue weighted by atomic mass is 9.89. The van der Waals surface area contributed by atoms with Crippen molar-refractivity contribution in [3.63, 3.8) is 0 Å². The second-order valence-electron chi connectivity index (χ2n) is 5.17. The fourth-order valence-corrected chi connectivity index (χ4v) is 2.16. The van der Waals surface area contributed by atoms with Crippen molar-refractivity contribution in [1.29, 1.82) is 0 Å². The minimum atomic E-state index is -0.237. The van der Waals surface area contributed by atoms with E-state index in [-0.39, 0.29) is 30.8 Å². The molecule has 2 atom stereocenters. The van der Waals surface area contributed by atoms with Crippen molar-refractivity contribution in [1.82, 2.24) is 4.90 Å². The van der Waals surface area contributed by atoms with E-state index in [4.69, 9.17) is 4.74 Å². The molecule has 1 rings (SSSR count). The molecule has 1 amide bonds. The first-order chi connectivity index (χ1) is 7.99. The zero-order valence-electron chi connectivity index (χ0n) is 11.1. The summed E-state index contributed by atoms with van der Waals surface area (Å²) < 4.78 is 5.38. The molecule has 4 heteroatoms. The van der Waals surface area contributed by atoms with E-state index in [1.165, 1.54) is 11.3 Å². The van der Waals surface area contributed by atoms with Gasteiger partial charge in [0.05, 0.1) is 6.42 Å². The van der Waals surface area contributed by atoms with E-state index in [0.29, 0.717) is 5.92 Å². The summed E-state index contributed by atoms with van der Waals surface area (Å²) in [5.74, 6) is 0.378. The summed E-state index contributed by atoms with van der Waals surface area (Å²) in [6, 6.07) is 0. The third-order valence-corrected chi connectivity index (χ3v) is 3.23. The highest BCUT2D eigenvalue weighted by Crippen LogP contribution is 2.25. The summed E-state index contributed by atoms with van der Waals surface area (Å²) in [4.78, 5) is 24.4. The van der Waals surface area contributed by atoms with E-state index in [2.05, 4.69) is 6.92 Å². The monoisotopic (exact) mass is 241 g/mol. The molecule has 0 aromatic rings. The van der Waals surface area contributed by atoms with E-state index in [0.717, 1.165) is 19.3 Å². The van der Waals surface area contributed by atoms with Gasteiger partial charge in [-0.2, -0.15) is 0 Å². The van der Waals surface area contributed by atoms with Crippen LogP contribution in [-0.2, 0) is 14.3 Å². The number of ether oxygens (including phenoxy) is 1. The van der Waals surface area contributed by atoms with E-state index >= 15 is 0 Å². The van der Waals surface area contributed by atoms with Crippen LogP contribution in [0.25, 0.3) is 0 Å². The fourth-order valence-electron chi connectivity index (χ4n) is 2.16. The molecule has 17 heavy (non-hydrogen) atoms. The minimum absolute atomic E-state index is 0.0287. The maximum Gasteiger partial charge on any atom is 0.306 e. The van der Waals surface area contributed by atoms with Crippen LogP contribution in [0.15, 0.2) is 0 Å². The molecular formula is C13H23NO3. The molecule has 0 saturated heterocycles. The van der Waals surface area contributed by atoms with E-state index in [1.807, 2.05) is 0 Å². The first-order valence-electron chi connectivity index (χ1n) is 6.38. The van der Waals surface area contributed by atoms with E-state index in [1.54, 1.807) is 14.1 Å². The first-order valence-corrected chi connectivity index (χ1v) is 6.38. The molecule has 0 N–H and O–H groups in total. The maximum absolute atomic E-state index is 11.6. The lowest BCUT2D eigenvalue weighted by molar-refractivity contribution is -0.152. The molecule has 0 aromatic heterocycles. The minimum Gasteiger partial charge on any atom is -0.462 e. The topological polar surface area (TPSA) is 46.6 Å². The van der Waals surface area contributed by atoms with Crippen LogP contribution in [0.4, 0.5) is 0 Å². The molecule has 0 radical (unpaired) electrons. The Kier molecular flexibility index (Phi) is 5.45. The predicted molar refractivity (Wildman–Crippen MR) is 65.4 cm³/mol. The lowest BCUT2D eigenvalue weighted by Gasteiger charge is -2.26. The molecule has 98 valence electrons. The van der Waals surface area contributed by atoms with Crippen molar-refractivity contribution >= 4 is 11.9 Å². The second kappa shape index (κ2) is 6.62. The zero-order valence-corrected chi connectivity index (χ0v) is 11.1. The van der Waals surface area contributed by atoms with E-state index in [9.17, 15) is 9.59 Å². The molecule has 2 unspecified atom stereocenters. The number of nitrogens with zero attached hydrogens (tertiary/aromatic N) is 1. The van der Waals surface area contributed by atoms with E-state index < -0.39 is 0 Å². The van der Waals surface area contributed by atoms with Crippen LogP contribution >= 0.6 is 0 Å². The maximum atomic E-state index is 11.6. The first kappa shape index (κ1) is 14.0. The highest BCUT2D eigenvalue weighted by Gasteiger charge is 2.22. The number of hydrogen-bond donors (Lipinski definition) is 0. The van der Waals surface area contributed by atoms with Gasteiger partial charge in [-0.05, 0) is 25.2 Å². The Balaban J connectivity index is 2.22. The van der Waals surface area contributed by atoms with Gasteiger partial charge in [0, 0.05) is 20.5 Å². The van der Waals surface area contributed by atoms with Crippen molar-refractivity contribution in [3.8, 4) is 0 Å². The number of esters is 1. The Bertz CT molecular complexity index is 276. The highest BCUT2D eigenvalue weighted by atomic mass is 16.5. The van der Waals surface area contributed by atoms with Crippen LogP contribution in [0.3, 0.4) is 0 Å². The number of carbonyl (C=O) groups is 2. The normalized spacial score (nSPS) is 24.2. The van der Waals surface area contributed by atoms with Crippen molar-refractivity contribution in [3.05, 3.63) is 0 Å². The molecule has 0 heterocycles.